The molecular weight excluding hydrogens is 356 g/mol. The highest BCUT2D eigenvalue weighted by atomic mass is 79.9. The number of hydrogen-bond acceptors (Lipinski definition) is 4. The van der Waals surface area contributed by atoms with E-state index in [4.69, 9.17) is 16.3 Å². The maximum atomic E-state index is 6.09. The van der Waals surface area contributed by atoms with E-state index in [2.05, 4.69) is 45.4 Å². The van der Waals surface area contributed by atoms with Crippen LogP contribution >= 0.6 is 27.5 Å². The lowest BCUT2D eigenvalue weighted by Crippen LogP contribution is -2.21. The summed E-state index contributed by atoms with van der Waals surface area (Å²) in [6.45, 7) is 6.03. The molecule has 0 aliphatic carbocycles. The molecule has 0 amide bonds. The van der Waals surface area contributed by atoms with Crippen LogP contribution in [0.5, 0.6) is 5.75 Å². The lowest BCUT2D eigenvalue weighted by Gasteiger charge is -2.08. The van der Waals surface area contributed by atoms with Gasteiger partial charge in [-0.1, -0.05) is 46.6 Å². The summed E-state index contributed by atoms with van der Waals surface area (Å²) in [5.74, 6) is 0.668. The number of aromatic nitrogens is 3. The highest BCUT2D eigenvalue weighted by Crippen LogP contribution is 2.27. The van der Waals surface area contributed by atoms with E-state index in [9.17, 15) is 0 Å². The van der Waals surface area contributed by atoms with Gasteiger partial charge in [-0.15, -0.1) is 5.10 Å². The number of nitrogens with one attached hydrogen (secondary N) is 1. The van der Waals surface area contributed by atoms with Crippen LogP contribution in [-0.2, 0) is 13.1 Å². The first-order valence-electron chi connectivity index (χ1n) is 6.75. The van der Waals surface area contributed by atoms with Crippen molar-refractivity contribution in [2.45, 2.75) is 33.0 Å². The number of ether oxygens (including phenoxy) is 1. The molecule has 2 rings (SSSR count). The Labute approximate surface area is 137 Å². The van der Waals surface area contributed by atoms with Gasteiger partial charge in [0.2, 0.25) is 0 Å². The van der Waals surface area contributed by atoms with E-state index in [0.717, 1.165) is 16.7 Å². The van der Waals surface area contributed by atoms with Gasteiger partial charge in [0.25, 0.3) is 0 Å². The normalized spacial score (nSPS) is 11.1. The van der Waals surface area contributed by atoms with Crippen molar-refractivity contribution in [2.75, 3.05) is 6.61 Å². The molecule has 5 nitrogen and oxygen atoms in total. The molecule has 0 radical (unpaired) electrons. The Kier molecular flexibility index (Phi) is 6.02. The van der Waals surface area contributed by atoms with Crippen molar-refractivity contribution < 1.29 is 4.74 Å². The maximum Gasteiger partial charge on any atom is 0.138 e. The molecule has 7 heteroatoms. The van der Waals surface area contributed by atoms with Crippen molar-refractivity contribution in [2.24, 2.45) is 0 Å². The molecule has 0 bridgehead atoms. The lowest BCUT2D eigenvalue weighted by atomic mass is 10.3. The first-order chi connectivity index (χ1) is 10.0. The molecule has 1 heterocycles. The van der Waals surface area contributed by atoms with Gasteiger partial charge < -0.3 is 10.1 Å². The zero-order valence-electron chi connectivity index (χ0n) is 12.0. The van der Waals surface area contributed by atoms with Gasteiger partial charge in [-0.2, -0.15) is 0 Å². The Morgan fingerprint density at radius 1 is 1.43 bits per heavy atom. The van der Waals surface area contributed by atoms with Crippen molar-refractivity contribution in [3.8, 4) is 5.75 Å². The van der Waals surface area contributed by atoms with Crippen LogP contribution in [0.4, 0.5) is 0 Å². The minimum Gasteiger partial charge on any atom is -0.490 e. The molecule has 0 saturated carbocycles. The molecule has 114 valence electrons. The molecule has 1 aromatic heterocycles. The summed E-state index contributed by atoms with van der Waals surface area (Å²) < 4.78 is 8.34. The number of halogens is 2. The van der Waals surface area contributed by atoms with Gasteiger partial charge in [0.05, 0.1) is 17.3 Å². The van der Waals surface area contributed by atoms with E-state index in [-0.39, 0.29) is 0 Å². The molecule has 0 fully saturated rings. The van der Waals surface area contributed by atoms with Gasteiger partial charge in [0, 0.05) is 23.3 Å². The second kappa shape index (κ2) is 7.77. The Bertz CT molecular complexity index is 588. The minimum absolute atomic E-state index is 0.429. The summed E-state index contributed by atoms with van der Waals surface area (Å²) in [6, 6.07) is 5.97. The fraction of sp³-hybridized carbons (Fsp3) is 0.429. The predicted molar refractivity (Wildman–Crippen MR) is 86.6 cm³/mol. The third kappa shape index (κ3) is 5.30. The summed E-state index contributed by atoms with van der Waals surface area (Å²) in [4.78, 5) is 0. The minimum atomic E-state index is 0.429. The summed E-state index contributed by atoms with van der Waals surface area (Å²) in [5.41, 5.74) is 0.922. The van der Waals surface area contributed by atoms with Crippen LogP contribution < -0.4 is 10.1 Å². The summed E-state index contributed by atoms with van der Waals surface area (Å²) in [5, 5.41) is 12.1. The SMILES string of the molecule is CC(C)NCc1cn(CCOc2ccc(Br)cc2Cl)nn1. The zero-order valence-corrected chi connectivity index (χ0v) is 14.4. The molecule has 1 aromatic carbocycles. The highest BCUT2D eigenvalue weighted by molar-refractivity contribution is 9.10. The first kappa shape index (κ1) is 16.3. The van der Waals surface area contributed by atoms with Gasteiger partial charge in [-0.05, 0) is 18.2 Å². The molecule has 0 saturated heterocycles. The van der Waals surface area contributed by atoms with Gasteiger partial charge >= 0.3 is 0 Å². The molecule has 0 atom stereocenters. The van der Waals surface area contributed by atoms with Crippen LogP contribution in [0, 0.1) is 0 Å². The topological polar surface area (TPSA) is 52.0 Å². The molecule has 0 spiro atoms. The van der Waals surface area contributed by atoms with Crippen molar-refractivity contribution >= 4 is 27.5 Å². The van der Waals surface area contributed by atoms with E-state index in [0.29, 0.717) is 30.0 Å². The number of benzene rings is 1. The smallest absolute Gasteiger partial charge is 0.138 e. The Balaban J connectivity index is 1.80. The van der Waals surface area contributed by atoms with E-state index >= 15 is 0 Å². The molecular formula is C14H18BrClN4O. The highest BCUT2D eigenvalue weighted by Gasteiger charge is 2.04. The fourth-order valence-electron chi connectivity index (χ4n) is 1.68. The second-order valence-electron chi connectivity index (χ2n) is 4.93. The van der Waals surface area contributed by atoms with Gasteiger partial charge in [-0.3, -0.25) is 0 Å². The third-order valence-corrected chi connectivity index (χ3v) is 3.54. The average Bonchev–Trinajstić information content (AvgIpc) is 2.87. The summed E-state index contributed by atoms with van der Waals surface area (Å²) in [7, 11) is 0. The van der Waals surface area contributed by atoms with Crippen LogP contribution in [-0.4, -0.2) is 27.6 Å². The predicted octanol–water partition coefficient (Wildman–Crippen LogP) is 3.27. The summed E-state index contributed by atoms with van der Waals surface area (Å²) in [6.07, 6.45) is 1.92. The van der Waals surface area contributed by atoms with Crippen LogP contribution in [0.25, 0.3) is 0 Å². The second-order valence-corrected chi connectivity index (χ2v) is 6.25. The van der Waals surface area contributed by atoms with Crippen LogP contribution in [0.3, 0.4) is 0 Å². The molecule has 21 heavy (non-hydrogen) atoms. The summed E-state index contributed by atoms with van der Waals surface area (Å²) >= 11 is 9.45. The van der Waals surface area contributed by atoms with Crippen molar-refractivity contribution in [1.82, 2.24) is 20.3 Å². The van der Waals surface area contributed by atoms with E-state index in [1.165, 1.54) is 0 Å². The lowest BCUT2D eigenvalue weighted by molar-refractivity contribution is 0.290. The average molecular weight is 374 g/mol. The fourth-order valence-corrected chi connectivity index (χ4v) is 2.41. The van der Waals surface area contributed by atoms with Gasteiger partial charge in [0.1, 0.15) is 12.4 Å². The standard InChI is InChI=1S/C14H18BrClN4O/c1-10(2)17-8-12-9-20(19-18-12)5-6-21-14-4-3-11(15)7-13(14)16/h3-4,7,9-10,17H,5-6,8H2,1-2H3. The van der Waals surface area contributed by atoms with Crippen LogP contribution in [0.1, 0.15) is 19.5 Å². The molecule has 0 aliphatic rings. The van der Waals surface area contributed by atoms with E-state index < -0.39 is 0 Å². The van der Waals surface area contributed by atoms with Crippen molar-refractivity contribution in [3.63, 3.8) is 0 Å². The monoisotopic (exact) mass is 372 g/mol. The van der Waals surface area contributed by atoms with Crippen molar-refractivity contribution in [3.05, 3.63) is 39.6 Å². The van der Waals surface area contributed by atoms with E-state index in [1.807, 2.05) is 24.4 Å². The number of rotatable bonds is 7. The molecule has 0 aliphatic heterocycles. The van der Waals surface area contributed by atoms with Gasteiger partial charge in [0.15, 0.2) is 0 Å². The maximum absolute atomic E-state index is 6.09. The quantitative estimate of drug-likeness (QED) is 0.809. The van der Waals surface area contributed by atoms with Gasteiger partial charge in [-0.25, -0.2) is 4.68 Å². The largest absolute Gasteiger partial charge is 0.490 e. The Morgan fingerprint density at radius 3 is 2.95 bits per heavy atom. The molecule has 1 N–H and O–H groups in total. The van der Waals surface area contributed by atoms with Crippen molar-refractivity contribution in [1.29, 1.82) is 0 Å². The van der Waals surface area contributed by atoms with Crippen LogP contribution in [0.2, 0.25) is 5.02 Å². The zero-order chi connectivity index (χ0) is 15.2. The van der Waals surface area contributed by atoms with E-state index in [1.54, 1.807) is 4.68 Å². The van der Waals surface area contributed by atoms with Crippen LogP contribution in [0.15, 0.2) is 28.9 Å². The Morgan fingerprint density at radius 2 is 2.24 bits per heavy atom. The molecule has 2 aromatic rings. The molecule has 0 unspecified atom stereocenters. The third-order valence-electron chi connectivity index (χ3n) is 2.75. The number of hydrogen-bond donors (Lipinski definition) is 1. The first-order valence-corrected chi connectivity index (χ1v) is 7.92. The Hall–Kier alpha value is -1.11. The number of nitrogens with zero attached hydrogens (tertiary/aromatic N) is 3.